The number of halogens is 5. The fourth-order valence-electron chi connectivity index (χ4n) is 3.88. The third-order valence-electron chi connectivity index (χ3n) is 4.97. The zero-order chi connectivity index (χ0) is 15.6. The standard InChI is InChI=1S/C17H23F3N2.2ClH/c18-17(19,20)15-7-5-14(6-8-15)16(13-3-1-2-4-13)22-11-9-21-10-12-22;;/h5-8,13,16,21H,1-4,9-12H2;2*1H/t16-;;/m0../s1. The molecule has 0 unspecified atom stereocenters. The Kier molecular flexibility index (Phi) is 8.33. The van der Waals surface area contributed by atoms with E-state index in [4.69, 9.17) is 0 Å². The maximum atomic E-state index is 12.8. The summed E-state index contributed by atoms with van der Waals surface area (Å²) in [5, 5.41) is 3.35. The van der Waals surface area contributed by atoms with E-state index >= 15 is 0 Å². The Bertz CT molecular complexity index is 482. The van der Waals surface area contributed by atoms with Crippen molar-refractivity contribution in [2.24, 2.45) is 5.92 Å². The third kappa shape index (κ3) is 5.01. The van der Waals surface area contributed by atoms with E-state index in [0.29, 0.717) is 5.92 Å². The van der Waals surface area contributed by atoms with Crippen LogP contribution in [-0.2, 0) is 6.18 Å². The normalized spacial score (nSPS) is 21.0. The molecule has 0 radical (unpaired) electrons. The van der Waals surface area contributed by atoms with Gasteiger partial charge in [-0.1, -0.05) is 25.0 Å². The van der Waals surface area contributed by atoms with Gasteiger partial charge in [0.15, 0.2) is 0 Å². The van der Waals surface area contributed by atoms with Crippen molar-refractivity contribution in [3.05, 3.63) is 35.4 Å². The van der Waals surface area contributed by atoms with Crippen LogP contribution in [0.3, 0.4) is 0 Å². The van der Waals surface area contributed by atoms with Gasteiger partial charge in [0, 0.05) is 32.2 Å². The van der Waals surface area contributed by atoms with Crippen molar-refractivity contribution >= 4 is 24.8 Å². The van der Waals surface area contributed by atoms with Crippen molar-refractivity contribution in [2.45, 2.75) is 37.9 Å². The number of rotatable bonds is 3. The Morgan fingerprint density at radius 1 is 0.958 bits per heavy atom. The minimum absolute atomic E-state index is 0. The molecular weight excluding hydrogens is 360 g/mol. The van der Waals surface area contributed by atoms with Crippen molar-refractivity contribution in [1.82, 2.24) is 10.2 Å². The highest BCUT2D eigenvalue weighted by Gasteiger charge is 2.34. The number of benzene rings is 1. The summed E-state index contributed by atoms with van der Waals surface area (Å²) in [6.45, 7) is 3.87. The van der Waals surface area contributed by atoms with Crippen LogP contribution < -0.4 is 5.32 Å². The van der Waals surface area contributed by atoms with E-state index in [1.54, 1.807) is 12.1 Å². The average Bonchev–Trinajstić information content (AvgIpc) is 3.02. The molecule has 1 N–H and O–H groups in total. The molecule has 1 aliphatic heterocycles. The summed E-state index contributed by atoms with van der Waals surface area (Å²) in [6.07, 6.45) is 0.615. The number of nitrogens with zero attached hydrogens (tertiary/aromatic N) is 1. The number of hydrogen-bond acceptors (Lipinski definition) is 2. The predicted octanol–water partition coefficient (Wildman–Crippen LogP) is 4.69. The van der Waals surface area contributed by atoms with Gasteiger partial charge >= 0.3 is 6.18 Å². The van der Waals surface area contributed by atoms with E-state index in [2.05, 4.69) is 10.2 Å². The third-order valence-corrected chi connectivity index (χ3v) is 4.97. The van der Waals surface area contributed by atoms with Crippen LogP contribution in [0.1, 0.15) is 42.9 Å². The molecule has 2 aliphatic rings. The van der Waals surface area contributed by atoms with E-state index in [9.17, 15) is 13.2 Å². The summed E-state index contributed by atoms with van der Waals surface area (Å²) >= 11 is 0. The van der Waals surface area contributed by atoms with Crippen molar-refractivity contribution in [1.29, 1.82) is 0 Å². The zero-order valence-corrected chi connectivity index (χ0v) is 15.2. The smallest absolute Gasteiger partial charge is 0.314 e. The highest BCUT2D eigenvalue weighted by molar-refractivity contribution is 5.85. The molecule has 0 aromatic heterocycles. The second-order valence-corrected chi connectivity index (χ2v) is 6.40. The molecule has 1 aromatic rings. The maximum absolute atomic E-state index is 12.8. The Labute approximate surface area is 154 Å². The van der Waals surface area contributed by atoms with E-state index in [0.717, 1.165) is 31.7 Å². The average molecular weight is 385 g/mol. The van der Waals surface area contributed by atoms with Gasteiger partial charge in [-0.05, 0) is 36.5 Å². The second-order valence-electron chi connectivity index (χ2n) is 6.40. The van der Waals surface area contributed by atoms with Gasteiger partial charge in [-0.2, -0.15) is 13.2 Å². The number of alkyl halides is 3. The first-order valence-electron chi connectivity index (χ1n) is 8.17. The number of piperazine rings is 1. The van der Waals surface area contributed by atoms with Crippen molar-refractivity contribution in [3.63, 3.8) is 0 Å². The molecule has 1 aliphatic carbocycles. The molecule has 3 rings (SSSR count). The second kappa shape index (κ2) is 9.27. The van der Waals surface area contributed by atoms with Crippen LogP contribution in [0.5, 0.6) is 0 Å². The molecule has 1 aromatic carbocycles. The maximum Gasteiger partial charge on any atom is 0.416 e. The van der Waals surface area contributed by atoms with E-state index in [1.807, 2.05) is 0 Å². The molecule has 2 nitrogen and oxygen atoms in total. The summed E-state index contributed by atoms with van der Waals surface area (Å²) in [6, 6.07) is 6.12. The summed E-state index contributed by atoms with van der Waals surface area (Å²) in [5.41, 5.74) is 0.489. The monoisotopic (exact) mass is 384 g/mol. The number of nitrogens with one attached hydrogen (secondary N) is 1. The van der Waals surface area contributed by atoms with E-state index < -0.39 is 11.7 Å². The molecule has 24 heavy (non-hydrogen) atoms. The first kappa shape index (κ1) is 21.6. The topological polar surface area (TPSA) is 15.3 Å². The number of hydrogen-bond donors (Lipinski definition) is 1. The van der Waals surface area contributed by atoms with Gasteiger partial charge in [-0.3, -0.25) is 4.90 Å². The largest absolute Gasteiger partial charge is 0.416 e. The molecule has 7 heteroatoms. The van der Waals surface area contributed by atoms with Crippen molar-refractivity contribution in [3.8, 4) is 0 Å². The lowest BCUT2D eigenvalue weighted by atomic mass is 9.89. The first-order chi connectivity index (χ1) is 10.6. The minimum Gasteiger partial charge on any atom is -0.314 e. The highest BCUT2D eigenvalue weighted by Crippen LogP contribution is 2.40. The molecule has 1 heterocycles. The SMILES string of the molecule is Cl.Cl.FC(F)(F)c1ccc([C@H](C2CCCC2)N2CCNCC2)cc1. The fourth-order valence-corrected chi connectivity index (χ4v) is 3.88. The van der Waals surface area contributed by atoms with Gasteiger partial charge in [0.05, 0.1) is 5.56 Å². The minimum atomic E-state index is -4.25. The van der Waals surface area contributed by atoms with Crippen LogP contribution >= 0.6 is 24.8 Å². The Morgan fingerprint density at radius 2 is 1.50 bits per heavy atom. The van der Waals surface area contributed by atoms with Crippen LogP contribution in [0, 0.1) is 5.92 Å². The van der Waals surface area contributed by atoms with Gasteiger partial charge in [-0.25, -0.2) is 0 Å². The fraction of sp³-hybridized carbons (Fsp3) is 0.647. The molecule has 0 bridgehead atoms. The summed E-state index contributed by atoms with van der Waals surface area (Å²) in [7, 11) is 0. The molecule has 1 saturated carbocycles. The summed E-state index contributed by atoms with van der Waals surface area (Å²) in [5.74, 6) is 0.579. The Balaban J connectivity index is 0.00000144. The van der Waals surface area contributed by atoms with Crippen LogP contribution in [0.25, 0.3) is 0 Å². The van der Waals surface area contributed by atoms with Crippen LogP contribution in [0.15, 0.2) is 24.3 Å². The Morgan fingerprint density at radius 3 is 2.00 bits per heavy atom. The van der Waals surface area contributed by atoms with Crippen molar-refractivity contribution < 1.29 is 13.2 Å². The predicted molar refractivity (Wildman–Crippen MR) is 95.1 cm³/mol. The Hall–Kier alpha value is -0.490. The molecule has 1 atom stereocenters. The first-order valence-corrected chi connectivity index (χ1v) is 8.17. The van der Waals surface area contributed by atoms with Gasteiger partial charge in [0.25, 0.3) is 0 Å². The van der Waals surface area contributed by atoms with Crippen LogP contribution in [-0.4, -0.2) is 31.1 Å². The quantitative estimate of drug-likeness (QED) is 0.813. The van der Waals surface area contributed by atoms with Gasteiger partial charge < -0.3 is 5.32 Å². The van der Waals surface area contributed by atoms with Gasteiger partial charge in [0.1, 0.15) is 0 Å². The van der Waals surface area contributed by atoms with E-state index in [1.165, 1.54) is 37.8 Å². The lowest BCUT2D eigenvalue weighted by Crippen LogP contribution is -2.46. The van der Waals surface area contributed by atoms with Gasteiger partial charge in [-0.15, -0.1) is 24.8 Å². The van der Waals surface area contributed by atoms with E-state index in [-0.39, 0.29) is 30.9 Å². The summed E-state index contributed by atoms with van der Waals surface area (Å²) in [4.78, 5) is 2.45. The molecule has 138 valence electrons. The lowest BCUT2D eigenvalue weighted by molar-refractivity contribution is -0.137. The molecule has 2 fully saturated rings. The molecule has 1 saturated heterocycles. The van der Waals surface area contributed by atoms with Gasteiger partial charge in [0.2, 0.25) is 0 Å². The molecule has 0 amide bonds. The van der Waals surface area contributed by atoms with Crippen LogP contribution in [0.4, 0.5) is 13.2 Å². The highest BCUT2D eigenvalue weighted by atomic mass is 35.5. The lowest BCUT2D eigenvalue weighted by Gasteiger charge is -2.38. The van der Waals surface area contributed by atoms with Crippen molar-refractivity contribution in [2.75, 3.05) is 26.2 Å². The summed E-state index contributed by atoms with van der Waals surface area (Å²) < 4.78 is 38.3. The molecule has 0 spiro atoms. The van der Waals surface area contributed by atoms with Crippen LogP contribution in [0.2, 0.25) is 0 Å². The molecular formula is C17H25Cl2F3N2. The zero-order valence-electron chi connectivity index (χ0n) is 13.5.